The highest BCUT2D eigenvalue weighted by Crippen LogP contribution is 2.22. The van der Waals surface area contributed by atoms with E-state index < -0.39 is 17.5 Å². The molecule has 5 nitrogen and oxygen atoms in total. The molecule has 0 unspecified atom stereocenters. The SMILES string of the molecule is CC(C)(C)OC(=O)n1cc(-c2ccc(N)c(F)c2)cn1. The Morgan fingerprint density at radius 2 is 2.05 bits per heavy atom. The molecule has 106 valence electrons. The quantitative estimate of drug-likeness (QED) is 0.813. The third-order valence-electron chi connectivity index (χ3n) is 2.50. The van der Waals surface area contributed by atoms with Gasteiger partial charge in [-0.2, -0.15) is 9.78 Å². The van der Waals surface area contributed by atoms with Gasteiger partial charge in [0.15, 0.2) is 0 Å². The molecule has 0 atom stereocenters. The molecule has 0 aliphatic carbocycles. The maximum atomic E-state index is 13.4. The van der Waals surface area contributed by atoms with Crippen LogP contribution < -0.4 is 5.73 Å². The second kappa shape index (κ2) is 4.96. The molecular formula is C14H16FN3O2. The monoisotopic (exact) mass is 277 g/mol. The first-order valence-electron chi connectivity index (χ1n) is 6.10. The normalized spacial score (nSPS) is 11.4. The van der Waals surface area contributed by atoms with E-state index >= 15 is 0 Å². The fourth-order valence-corrected chi connectivity index (χ4v) is 1.59. The Labute approximate surface area is 116 Å². The van der Waals surface area contributed by atoms with Crippen LogP contribution >= 0.6 is 0 Å². The van der Waals surface area contributed by atoms with Gasteiger partial charge in [-0.05, 0) is 38.5 Å². The van der Waals surface area contributed by atoms with E-state index in [4.69, 9.17) is 10.5 Å². The maximum Gasteiger partial charge on any atom is 0.435 e. The van der Waals surface area contributed by atoms with Gasteiger partial charge in [0.25, 0.3) is 0 Å². The van der Waals surface area contributed by atoms with Crippen molar-refractivity contribution >= 4 is 11.8 Å². The molecule has 0 aliphatic rings. The van der Waals surface area contributed by atoms with Crippen LogP contribution in [0.25, 0.3) is 11.1 Å². The van der Waals surface area contributed by atoms with Gasteiger partial charge in [0.05, 0.1) is 11.9 Å². The number of anilines is 1. The molecule has 0 saturated heterocycles. The summed E-state index contributed by atoms with van der Waals surface area (Å²) >= 11 is 0. The molecule has 2 N–H and O–H groups in total. The molecule has 1 aromatic heterocycles. The number of hydrogen-bond donors (Lipinski definition) is 1. The van der Waals surface area contributed by atoms with E-state index in [9.17, 15) is 9.18 Å². The first-order valence-corrected chi connectivity index (χ1v) is 6.10. The highest BCUT2D eigenvalue weighted by Gasteiger charge is 2.18. The Hall–Kier alpha value is -2.37. The van der Waals surface area contributed by atoms with E-state index in [0.717, 1.165) is 4.68 Å². The van der Waals surface area contributed by atoms with E-state index in [0.29, 0.717) is 11.1 Å². The van der Waals surface area contributed by atoms with E-state index in [1.165, 1.54) is 24.5 Å². The molecule has 0 radical (unpaired) electrons. The molecule has 0 bridgehead atoms. The van der Waals surface area contributed by atoms with Gasteiger partial charge in [-0.15, -0.1) is 0 Å². The van der Waals surface area contributed by atoms with Crippen molar-refractivity contribution in [3.05, 3.63) is 36.4 Å². The maximum absolute atomic E-state index is 13.4. The van der Waals surface area contributed by atoms with Gasteiger partial charge in [0, 0.05) is 11.8 Å². The van der Waals surface area contributed by atoms with Crippen LogP contribution in [0.1, 0.15) is 20.8 Å². The van der Waals surface area contributed by atoms with E-state index in [-0.39, 0.29) is 5.69 Å². The Morgan fingerprint density at radius 3 is 2.65 bits per heavy atom. The minimum atomic E-state index is -0.601. The van der Waals surface area contributed by atoms with Gasteiger partial charge < -0.3 is 10.5 Å². The Bertz CT molecular complexity index is 644. The van der Waals surface area contributed by atoms with Crippen molar-refractivity contribution in [1.29, 1.82) is 0 Å². The summed E-state index contributed by atoms with van der Waals surface area (Å²) in [6.45, 7) is 5.31. The third kappa shape index (κ3) is 3.14. The molecule has 0 amide bonds. The number of nitrogen functional groups attached to an aromatic ring is 1. The minimum absolute atomic E-state index is 0.0771. The summed E-state index contributed by atoms with van der Waals surface area (Å²) in [4.78, 5) is 11.8. The lowest BCUT2D eigenvalue weighted by Crippen LogP contribution is -2.27. The van der Waals surface area contributed by atoms with Crippen LogP contribution in [0.5, 0.6) is 0 Å². The van der Waals surface area contributed by atoms with Crippen molar-refractivity contribution in [1.82, 2.24) is 9.78 Å². The largest absolute Gasteiger partial charge is 0.442 e. The zero-order valence-electron chi connectivity index (χ0n) is 11.6. The number of halogens is 1. The van der Waals surface area contributed by atoms with Crippen LogP contribution in [0.2, 0.25) is 0 Å². The highest BCUT2D eigenvalue weighted by atomic mass is 19.1. The van der Waals surface area contributed by atoms with Gasteiger partial charge >= 0.3 is 6.09 Å². The number of hydrogen-bond acceptors (Lipinski definition) is 4. The van der Waals surface area contributed by atoms with Crippen LogP contribution in [0.3, 0.4) is 0 Å². The number of ether oxygens (including phenoxy) is 1. The van der Waals surface area contributed by atoms with Gasteiger partial charge in [0.2, 0.25) is 0 Å². The lowest BCUT2D eigenvalue weighted by molar-refractivity contribution is 0.0514. The van der Waals surface area contributed by atoms with Crippen molar-refractivity contribution in [3.63, 3.8) is 0 Å². The summed E-state index contributed by atoms with van der Waals surface area (Å²) in [5, 5.41) is 3.92. The van der Waals surface area contributed by atoms with Crippen molar-refractivity contribution in [2.75, 3.05) is 5.73 Å². The van der Waals surface area contributed by atoms with Crippen LogP contribution in [-0.4, -0.2) is 21.5 Å². The standard InChI is InChI=1S/C14H16FN3O2/c1-14(2,3)20-13(19)18-8-10(7-17-18)9-4-5-12(16)11(15)6-9/h4-8H,16H2,1-3H3. The van der Waals surface area contributed by atoms with E-state index in [2.05, 4.69) is 5.10 Å². The number of aromatic nitrogens is 2. The Morgan fingerprint density at radius 1 is 1.35 bits per heavy atom. The van der Waals surface area contributed by atoms with Gasteiger partial charge in [-0.1, -0.05) is 6.07 Å². The number of rotatable bonds is 1. The van der Waals surface area contributed by atoms with Crippen molar-refractivity contribution in [3.8, 4) is 11.1 Å². The van der Waals surface area contributed by atoms with Crippen LogP contribution in [-0.2, 0) is 4.74 Å². The topological polar surface area (TPSA) is 70.1 Å². The molecule has 0 saturated carbocycles. The number of nitrogens with zero attached hydrogens (tertiary/aromatic N) is 2. The molecule has 6 heteroatoms. The number of nitrogens with two attached hydrogens (primary N) is 1. The molecule has 1 heterocycles. The Kier molecular flexibility index (Phi) is 3.48. The predicted molar refractivity (Wildman–Crippen MR) is 73.7 cm³/mol. The smallest absolute Gasteiger partial charge is 0.435 e. The minimum Gasteiger partial charge on any atom is -0.442 e. The summed E-state index contributed by atoms with van der Waals surface area (Å²) in [7, 11) is 0. The molecule has 2 aromatic rings. The van der Waals surface area contributed by atoms with E-state index in [1.807, 2.05) is 0 Å². The zero-order valence-corrected chi connectivity index (χ0v) is 11.6. The summed E-state index contributed by atoms with van der Waals surface area (Å²) in [6, 6.07) is 4.43. The van der Waals surface area contributed by atoms with Gasteiger partial charge in [-0.25, -0.2) is 9.18 Å². The summed E-state index contributed by atoms with van der Waals surface area (Å²) < 4.78 is 19.7. The predicted octanol–water partition coefficient (Wildman–Crippen LogP) is 3.05. The van der Waals surface area contributed by atoms with Crippen molar-refractivity contribution < 1.29 is 13.9 Å². The first-order chi connectivity index (χ1) is 9.26. The molecule has 2 rings (SSSR count). The Balaban J connectivity index is 2.24. The first kappa shape index (κ1) is 14.0. The van der Waals surface area contributed by atoms with Crippen LogP contribution in [0.4, 0.5) is 14.9 Å². The lowest BCUT2D eigenvalue weighted by Gasteiger charge is -2.18. The average molecular weight is 277 g/mol. The van der Waals surface area contributed by atoms with Crippen LogP contribution in [0.15, 0.2) is 30.6 Å². The van der Waals surface area contributed by atoms with Gasteiger partial charge in [0.1, 0.15) is 11.4 Å². The fourth-order valence-electron chi connectivity index (χ4n) is 1.59. The molecule has 1 aromatic carbocycles. The molecule has 0 aliphatic heterocycles. The number of carbonyl (C=O) groups excluding carboxylic acids is 1. The van der Waals surface area contributed by atoms with Crippen molar-refractivity contribution in [2.24, 2.45) is 0 Å². The molecule has 0 spiro atoms. The average Bonchev–Trinajstić information content (AvgIpc) is 2.80. The molecular weight excluding hydrogens is 261 g/mol. The summed E-state index contributed by atoms with van der Waals surface area (Å²) in [6.07, 6.45) is 2.37. The molecule has 0 fully saturated rings. The molecule has 20 heavy (non-hydrogen) atoms. The van der Waals surface area contributed by atoms with Crippen LogP contribution in [0, 0.1) is 5.82 Å². The highest BCUT2D eigenvalue weighted by molar-refractivity contribution is 5.73. The van der Waals surface area contributed by atoms with Crippen molar-refractivity contribution in [2.45, 2.75) is 26.4 Å². The number of carbonyl (C=O) groups is 1. The third-order valence-corrected chi connectivity index (χ3v) is 2.50. The second-order valence-electron chi connectivity index (χ2n) is 5.39. The number of benzene rings is 1. The zero-order chi connectivity index (χ0) is 14.9. The summed E-state index contributed by atoms with van der Waals surface area (Å²) in [5.74, 6) is -0.507. The fraction of sp³-hybridized carbons (Fsp3) is 0.286. The summed E-state index contributed by atoms with van der Waals surface area (Å²) in [5.41, 5.74) is 6.09. The lowest BCUT2D eigenvalue weighted by atomic mass is 10.1. The van der Waals surface area contributed by atoms with E-state index in [1.54, 1.807) is 26.8 Å². The van der Waals surface area contributed by atoms with Gasteiger partial charge in [-0.3, -0.25) is 0 Å². The second-order valence-corrected chi connectivity index (χ2v) is 5.39.